The number of nitrogens with zero attached hydrogens (tertiary/aromatic N) is 1. The average Bonchev–Trinajstić information content (AvgIpc) is 2.72. The van der Waals surface area contributed by atoms with Gasteiger partial charge in [-0.1, -0.05) is 6.07 Å². The lowest BCUT2D eigenvalue weighted by molar-refractivity contribution is 0.671. The summed E-state index contributed by atoms with van der Waals surface area (Å²) in [4.78, 5) is 4.18. The fourth-order valence-corrected chi connectivity index (χ4v) is 2.98. The summed E-state index contributed by atoms with van der Waals surface area (Å²) < 4.78 is 11.8. The summed E-state index contributed by atoms with van der Waals surface area (Å²) in [6.45, 7) is 1.89. The van der Waals surface area contributed by atoms with Crippen molar-refractivity contribution in [1.29, 1.82) is 0 Å². The minimum atomic E-state index is -0.771. The quantitative estimate of drug-likeness (QED) is 0.798. The fraction of sp³-hybridized carbons (Fsp3) is 0.500. The van der Waals surface area contributed by atoms with Gasteiger partial charge in [0, 0.05) is 28.8 Å². The van der Waals surface area contributed by atoms with Crippen LogP contribution in [0, 0.1) is 0 Å². The third-order valence-corrected chi connectivity index (χ3v) is 4.13. The SMILES string of the molecule is O=S(Cc1ccccn1)[C@@H]1CCNC1. The van der Waals surface area contributed by atoms with Crippen LogP contribution in [0.4, 0.5) is 0 Å². The van der Waals surface area contributed by atoms with Crippen molar-refractivity contribution in [3.63, 3.8) is 0 Å². The summed E-state index contributed by atoms with van der Waals surface area (Å²) in [5, 5.41) is 3.54. The van der Waals surface area contributed by atoms with Crippen LogP contribution in [0.5, 0.6) is 0 Å². The van der Waals surface area contributed by atoms with E-state index in [1.165, 1.54) is 0 Å². The fourth-order valence-electron chi connectivity index (χ4n) is 1.60. The van der Waals surface area contributed by atoms with Gasteiger partial charge in [0.1, 0.15) is 0 Å². The van der Waals surface area contributed by atoms with Gasteiger partial charge in [-0.05, 0) is 25.1 Å². The van der Waals surface area contributed by atoms with Crippen molar-refractivity contribution >= 4 is 10.8 Å². The topological polar surface area (TPSA) is 42.0 Å². The molecule has 0 saturated carbocycles. The van der Waals surface area contributed by atoms with Crippen LogP contribution in [0.3, 0.4) is 0 Å². The number of pyridine rings is 1. The summed E-state index contributed by atoms with van der Waals surface area (Å²) in [6, 6.07) is 5.75. The van der Waals surface area contributed by atoms with Crippen molar-refractivity contribution in [3.8, 4) is 0 Å². The van der Waals surface area contributed by atoms with Crippen LogP contribution in [0.2, 0.25) is 0 Å². The molecule has 1 saturated heterocycles. The van der Waals surface area contributed by atoms with E-state index < -0.39 is 10.8 Å². The Labute approximate surface area is 86.4 Å². The molecule has 1 aliphatic heterocycles. The number of nitrogens with one attached hydrogen (secondary N) is 1. The minimum Gasteiger partial charge on any atom is -0.315 e. The molecule has 1 aromatic heterocycles. The molecule has 0 spiro atoms. The van der Waals surface area contributed by atoms with E-state index in [-0.39, 0.29) is 0 Å². The molecule has 2 rings (SSSR count). The first-order valence-corrected chi connectivity index (χ1v) is 6.22. The second kappa shape index (κ2) is 4.66. The van der Waals surface area contributed by atoms with Crippen LogP contribution >= 0.6 is 0 Å². The van der Waals surface area contributed by atoms with E-state index in [1.54, 1.807) is 6.20 Å². The normalized spacial score (nSPS) is 23.6. The molecular formula is C10H14N2OS. The van der Waals surface area contributed by atoms with E-state index in [0.717, 1.165) is 25.2 Å². The number of hydrogen-bond acceptors (Lipinski definition) is 3. The third-order valence-electron chi connectivity index (χ3n) is 2.40. The van der Waals surface area contributed by atoms with Crippen molar-refractivity contribution < 1.29 is 4.21 Å². The summed E-state index contributed by atoms with van der Waals surface area (Å²) in [5.74, 6) is 0.590. The lowest BCUT2D eigenvalue weighted by Gasteiger charge is -2.07. The maximum atomic E-state index is 11.8. The van der Waals surface area contributed by atoms with Crippen molar-refractivity contribution in [1.82, 2.24) is 10.3 Å². The summed E-state index contributed by atoms with van der Waals surface area (Å²) in [5.41, 5.74) is 0.928. The molecule has 4 heteroatoms. The lowest BCUT2D eigenvalue weighted by atomic mass is 10.4. The summed E-state index contributed by atoms with van der Waals surface area (Å²) in [6.07, 6.45) is 2.78. The Balaban J connectivity index is 1.94. The molecule has 1 aliphatic rings. The lowest BCUT2D eigenvalue weighted by Crippen LogP contribution is -2.20. The first-order chi connectivity index (χ1) is 6.86. The Morgan fingerprint density at radius 2 is 2.50 bits per heavy atom. The molecule has 0 radical (unpaired) electrons. The van der Waals surface area contributed by atoms with Gasteiger partial charge in [-0.25, -0.2) is 0 Å². The van der Waals surface area contributed by atoms with Gasteiger partial charge in [0.25, 0.3) is 0 Å². The molecule has 1 unspecified atom stereocenters. The van der Waals surface area contributed by atoms with Gasteiger partial charge in [0.15, 0.2) is 0 Å². The predicted octanol–water partition coefficient (Wildman–Crippen LogP) is 0.692. The minimum absolute atomic E-state index is 0.317. The zero-order valence-corrected chi connectivity index (χ0v) is 8.80. The molecule has 1 N–H and O–H groups in total. The highest BCUT2D eigenvalue weighted by Gasteiger charge is 2.21. The van der Waals surface area contributed by atoms with Crippen molar-refractivity contribution in [3.05, 3.63) is 30.1 Å². The number of aromatic nitrogens is 1. The maximum absolute atomic E-state index is 11.8. The molecule has 3 nitrogen and oxygen atoms in total. The van der Waals surface area contributed by atoms with Gasteiger partial charge in [0.2, 0.25) is 0 Å². The van der Waals surface area contributed by atoms with Crippen LogP contribution in [0.25, 0.3) is 0 Å². The van der Waals surface area contributed by atoms with Crippen molar-refractivity contribution in [2.24, 2.45) is 0 Å². The van der Waals surface area contributed by atoms with E-state index in [2.05, 4.69) is 10.3 Å². The Morgan fingerprint density at radius 1 is 1.57 bits per heavy atom. The van der Waals surface area contributed by atoms with Crippen molar-refractivity contribution in [2.45, 2.75) is 17.4 Å². The van der Waals surface area contributed by atoms with Crippen LogP contribution < -0.4 is 5.32 Å². The first kappa shape index (κ1) is 9.80. The zero-order chi connectivity index (χ0) is 9.80. The Hall–Kier alpha value is -0.740. The molecule has 14 heavy (non-hydrogen) atoms. The molecule has 2 atom stereocenters. The second-order valence-corrected chi connectivity index (χ2v) is 5.18. The van der Waals surface area contributed by atoms with Gasteiger partial charge in [-0.3, -0.25) is 9.19 Å². The molecule has 1 fully saturated rings. The molecule has 1 aromatic rings. The van der Waals surface area contributed by atoms with E-state index in [0.29, 0.717) is 11.0 Å². The summed E-state index contributed by atoms with van der Waals surface area (Å²) in [7, 11) is -0.771. The summed E-state index contributed by atoms with van der Waals surface area (Å²) >= 11 is 0. The highest BCUT2D eigenvalue weighted by atomic mass is 32.2. The van der Waals surface area contributed by atoms with E-state index in [1.807, 2.05) is 18.2 Å². The molecule has 0 aromatic carbocycles. The highest BCUT2D eigenvalue weighted by Crippen LogP contribution is 2.10. The Morgan fingerprint density at radius 3 is 3.14 bits per heavy atom. The van der Waals surface area contributed by atoms with Gasteiger partial charge in [-0.2, -0.15) is 0 Å². The number of hydrogen-bond donors (Lipinski definition) is 1. The van der Waals surface area contributed by atoms with Gasteiger partial charge < -0.3 is 5.32 Å². The number of rotatable bonds is 3. The van der Waals surface area contributed by atoms with E-state index in [9.17, 15) is 4.21 Å². The third kappa shape index (κ3) is 2.39. The highest BCUT2D eigenvalue weighted by molar-refractivity contribution is 7.84. The monoisotopic (exact) mass is 210 g/mol. The Bertz CT molecular complexity index is 309. The standard InChI is InChI=1S/C10H14N2OS/c13-14(10-4-6-11-7-10)8-9-3-1-2-5-12-9/h1-3,5,10-11H,4,6-8H2/t10-,14?/m1/s1. The van der Waals surface area contributed by atoms with Crippen LogP contribution in [0.1, 0.15) is 12.1 Å². The van der Waals surface area contributed by atoms with Crippen LogP contribution in [0.15, 0.2) is 24.4 Å². The predicted molar refractivity (Wildman–Crippen MR) is 57.4 cm³/mol. The maximum Gasteiger partial charge on any atom is 0.0662 e. The van der Waals surface area contributed by atoms with E-state index in [4.69, 9.17) is 0 Å². The van der Waals surface area contributed by atoms with Gasteiger partial charge >= 0.3 is 0 Å². The van der Waals surface area contributed by atoms with Gasteiger partial charge in [0.05, 0.1) is 11.4 Å². The largest absolute Gasteiger partial charge is 0.315 e. The van der Waals surface area contributed by atoms with E-state index >= 15 is 0 Å². The van der Waals surface area contributed by atoms with Crippen LogP contribution in [-0.2, 0) is 16.6 Å². The molecule has 0 bridgehead atoms. The van der Waals surface area contributed by atoms with Gasteiger partial charge in [-0.15, -0.1) is 0 Å². The second-order valence-electron chi connectivity index (χ2n) is 3.46. The Kier molecular flexibility index (Phi) is 3.26. The molecule has 2 heterocycles. The molecule has 0 amide bonds. The van der Waals surface area contributed by atoms with Crippen molar-refractivity contribution in [2.75, 3.05) is 13.1 Å². The average molecular weight is 210 g/mol. The molecule has 0 aliphatic carbocycles. The first-order valence-electron chi connectivity index (χ1n) is 4.84. The molecule has 76 valence electrons. The zero-order valence-electron chi connectivity index (χ0n) is 7.98. The van der Waals surface area contributed by atoms with Crippen LogP contribution in [-0.4, -0.2) is 27.5 Å². The molecular weight excluding hydrogens is 196 g/mol. The smallest absolute Gasteiger partial charge is 0.0662 e.